The lowest BCUT2D eigenvalue weighted by atomic mass is 9.81. The number of rotatable bonds is 5. The first kappa shape index (κ1) is 16.6. The normalized spacial score (nSPS) is 14.1. The van der Waals surface area contributed by atoms with E-state index >= 15 is 0 Å². The van der Waals surface area contributed by atoms with Crippen molar-refractivity contribution in [2.45, 2.75) is 59.5 Å². The average Bonchev–Trinajstić information content (AvgIpc) is 2.25. The van der Waals surface area contributed by atoms with E-state index in [4.69, 9.17) is 0 Å². The van der Waals surface area contributed by atoms with Gasteiger partial charge < -0.3 is 5.32 Å². The quantitative estimate of drug-likeness (QED) is 0.639. The van der Waals surface area contributed by atoms with Crippen LogP contribution in [0.5, 0.6) is 0 Å². The number of non-ortho nitro benzene ring substituents is 1. The van der Waals surface area contributed by atoms with Gasteiger partial charge in [0, 0.05) is 23.7 Å². The Morgan fingerprint density at radius 1 is 1.25 bits per heavy atom. The van der Waals surface area contributed by atoms with E-state index in [1.54, 1.807) is 12.1 Å². The molecule has 1 N–H and O–H groups in total. The lowest BCUT2D eigenvalue weighted by Gasteiger charge is -2.36. The molecule has 112 valence electrons. The van der Waals surface area contributed by atoms with Gasteiger partial charge in [0.2, 0.25) is 0 Å². The fourth-order valence-electron chi connectivity index (χ4n) is 2.95. The molecule has 1 atom stereocenters. The summed E-state index contributed by atoms with van der Waals surface area (Å²) in [5.41, 5.74) is 1.30. The van der Waals surface area contributed by atoms with Gasteiger partial charge in [-0.25, -0.2) is 0 Å². The van der Waals surface area contributed by atoms with Gasteiger partial charge in [0.1, 0.15) is 0 Å². The first-order valence-corrected chi connectivity index (χ1v) is 7.02. The molecule has 0 aliphatic heterocycles. The van der Waals surface area contributed by atoms with Crippen molar-refractivity contribution in [3.63, 3.8) is 0 Å². The van der Waals surface area contributed by atoms with E-state index in [2.05, 4.69) is 39.9 Å². The van der Waals surface area contributed by atoms with E-state index in [0.717, 1.165) is 12.0 Å². The van der Waals surface area contributed by atoms with Crippen LogP contribution in [0.2, 0.25) is 0 Å². The van der Waals surface area contributed by atoms with Gasteiger partial charge in [-0.2, -0.15) is 0 Å². The van der Waals surface area contributed by atoms with Crippen LogP contribution in [0.1, 0.15) is 59.6 Å². The van der Waals surface area contributed by atoms with Crippen molar-refractivity contribution in [2.24, 2.45) is 5.41 Å². The first-order valence-electron chi connectivity index (χ1n) is 7.02. The fourth-order valence-corrected chi connectivity index (χ4v) is 2.95. The SMILES string of the molecule is CC(NC(C)(C)CC(C)(C)C)c1cccc([N+](=O)[O-])c1. The van der Waals surface area contributed by atoms with Crippen LogP contribution in [0.15, 0.2) is 24.3 Å². The highest BCUT2D eigenvalue weighted by Gasteiger charge is 2.27. The molecule has 0 amide bonds. The summed E-state index contributed by atoms with van der Waals surface area (Å²) < 4.78 is 0. The Bertz CT molecular complexity index is 476. The topological polar surface area (TPSA) is 55.2 Å². The molecule has 0 bridgehead atoms. The highest BCUT2D eigenvalue weighted by Crippen LogP contribution is 2.29. The molecule has 0 fully saturated rings. The Morgan fingerprint density at radius 2 is 1.85 bits per heavy atom. The summed E-state index contributed by atoms with van der Waals surface area (Å²) in [7, 11) is 0. The molecule has 0 aliphatic carbocycles. The number of hydrogen-bond donors (Lipinski definition) is 1. The lowest BCUT2D eigenvalue weighted by Crippen LogP contribution is -2.43. The van der Waals surface area contributed by atoms with E-state index in [1.807, 2.05) is 13.0 Å². The van der Waals surface area contributed by atoms with Gasteiger partial charge in [-0.3, -0.25) is 10.1 Å². The van der Waals surface area contributed by atoms with Crippen molar-refractivity contribution < 1.29 is 4.92 Å². The summed E-state index contributed by atoms with van der Waals surface area (Å²) in [6, 6.07) is 6.91. The molecule has 1 unspecified atom stereocenters. The Kier molecular flexibility index (Phi) is 4.92. The molecular formula is C16H26N2O2. The molecule has 0 radical (unpaired) electrons. The van der Waals surface area contributed by atoms with E-state index < -0.39 is 0 Å². The lowest BCUT2D eigenvalue weighted by molar-refractivity contribution is -0.384. The molecule has 1 aromatic rings. The van der Waals surface area contributed by atoms with Crippen LogP contribution in [0, 0.1) is 15.5 Å². The third-order valence-electron chi connectivity index (χ3n) is 3.16. The minimum atomic E-state index is -0.351. The molecule has 1 rings (SSSR count). The zero-order valence-corrected chi connectivity index (χ0v) is 13.4. The molecule has 0 heterocycles. The van der Waals surface area contributed by atoms with Crippen LogP contribution in [-0.2, 0) is 0 Å². The van der Waals surface area contributed by atoms with Gasteiger partial charge in [-0.05, 0) is 38.2 Å². The molecule has 4 heteroatoms. The van der Waals surface area contributed by atoms with Crippen LogP contribution in [0.4, 0.5) is 5.69 Å². The maximum Gasteiger partial charge on any atom is 0.269 e. The number of nitrogens with one attached hydrogen (secondary N) is 1. The summed E-state index contributed by atoms with van der Waals surface area (Å²) >= 11 is 0. The van der Waals surface area contributed by atoms with Crippen molar-refractivity contribution >= 4 is 5.69 Å². The molecule has 0 spiro atoms. The van der Waals surface area contributed by atoms with Gasteiger partial charge in [0.05, 0.1) is 4.92 Å². The van der Waals surface area contributed by atoms with Gasteiger partial charge >= 0.3 is 0 Å². The zero-order valence-electron chi connectivity index (χ0n) is 13.4. The number of nitro benzene ring substituents is 1. The van der Waals surface area contributed by atoms with Gasteiger partial charge in [0.25, 0.3) is 5.69 Å². The van der Waals surface area contributed by atoms with Crippen LogP contribution in [0.3, 0.4) is 0 Å². The van der Waals surface area contributed by atoms with Gasteiger partial charge in [-0.15, -0.1) is 0 Å². The van der Waals surface area contributed by atoms with Crippen molar-refractivity contribution in [3.8, 4) is 0 Å². The molecule has 20 heavy (non-hydrogen) atoms. The minimum Gasteiger partial charge on any atom is -0.305 e. The summed E-state index contributed by atoms with van der Waals surface area (Å²) in [6.07, 6.45) is 1.03. The van der Waals surface area contributed by atoms with Crippen LogP contribution in [0.25, 0.3) is 0 Å². The Morgan fingerprint density at radius 3 is 2.35 bits per heavy atom. The maximum atomic E-state index is 10.8. The average molecular weight is 278 g/mol. The molecule has 0 aromatic heterocycles. The molecule has 0 saturated carbocycles. The summed E-state index contributed by atoms with van der Waals surface area (Å²) in [5.74, 6) is 0. The van der Waals surface area contributed by atoms with Crippen molar-refractivity contribution in [3.05, 3.63) is 39.9 Å². The largest absolute Gasteiger partial charge is 0.305 e. The van der Waals surface area contributed by atoms with Crippen molar-refractivity contribution in [2.75, 3.05) is 0 Å². The summed E-state index contributed by atoms with van der Waals surface area (Å²) in [6.45, 7) is 13.0. The monoisotopic (exact) mass is 278 g/mol. The van der Waals surface area contributed by atoms with E-state index in [1.165, 1.54) is 6.07 Å². The maximum absolute atomic E-state index is 10.8. The van der Waals surface area contributed by atoms with Crippen LogP contribution < -0.4 is 5.32 Å². The number of benzene rings is 1. The smallest absolute Gasteiger partial charge is 0.269 e. The molecule has 0 saturated heterocycles. The Hall–Kier alpha value is -1.42. The molecular weight excluding hydrogens is 252 g/mol. The molecule has 1 aromatic carbocycles. The highest BCUT2D eigenvalue weighted by molar-refractivity contribution is 5.35. The number of nitro groups is 1. The third-order valence-corrected chi connectivity index (χ3v) is 3.16. The number of hydrogen-bond acceptors (Lipinski definition) is 3. The summed E-state index contributed by atoms with van der Waals surface area (Å²) in [4.78, 5) is 10.5. The third kappa shape index (κ3) is 5.29. The van der Waals surface area contributed by atoms with Crippen LogP contribution >= 0.6 is 0 Å². The van der Waals surface area contributed by atoms with Gasteiger partial charge in [0.15, 0.2) is 0 Å². The second kappa shape index (κ2) is 5.92. The van der Waals surface area contributed by atoms with Gasteiger partial charge in [-0.1, -0.05) is 32.9 Å². The van der Waals surface area contributed by atoms with E-state index in [9.17, 15) is 10.1 Å². The van der Waals surface area contributed by atoms with Crippen LogP contribution in [-0.4, -0.2) is 10.5 Å². The van der Waals surface area contributed by atoms with Crippen molar-refractivity contribution in [1.82, 2.24) is 5.32 Å². The minimum absolute atomic E-state index is 0.0255. The molecule has 0 aliphatic rings. The predicted octanol–water partition coefficient (Wildman–Crippen LogP) is 4.46. The molecule has 4 nitrogen and oxygen atoms in total. The van der Waals surface area contributed by atoms with E-state index in [-0.39, 0.29) is 27.6 Å². The highest BCUT2D eigenvalue weighted by atomic mass is 16.6. The summed E-state index contributed by atoms with van der Waals surface area (Å²) in [5, 5.41) is 14.4. The second-order valence-corrected chi connectivity index (χ2v) is 7.34. The second-order valence-electron chi connectivity index (χ2n) is 7.34. The number of nitrogens with zero attached hydrogens (tertiary/aromatic N) is 1. The predicted molar refractivity (Wildman–Crippen MR) is 82.8 cm³/mol. The fraction of sp³-hybridized carbons (Fsp3) is 0.625. The zero-order chi connectivity index (χ0) is 15.6. The Labute approximate surface area is 121 Å². The Balaban J connectivity index is 2.83. The van der Waals surface area contributed by atoms with E-state index in [0.29, 0.717) is 0 Å². The first-order chi connectivity index (χ1) is 9.00. The standard InChI is InChI=1S/C16H26N2O2/c1-12(17-16(5,6)11-15(2,3)4)13-8-7-9-14(10-13)18(19)20/h7-10,12,17H,11H2,1-6H3. The van der Waals surface area contributed by atoms with Crippen molar-refractivity contribution in [1.29, 1.82) is 0 Å².